The van der Waals surface area contributed by atoms with E-state index >= 15 is 0 Å². The molecule has 0 spiro atoms. The van der Waals surface area contributed by atoms with Gasteiger partial charge in [-0.15, -0.1) is 0 Å². The highest BCUT2D eigenvalue weighted by atomic mass is 16.5. The summed E-state index contributed by atoms with van der Waals surface area (Å²) in [6.07, 6.45) is 0. The lowest BCUT2D eigenvalue weighted by Gasteiger charge is -2.14. The molecule has 0 saturated carbocycles. The Morgan fingerprint density at radius 2 is 1.76 bits per heavy atom. The summed E-state index contributed by atoms with van der Waals surface area (Å²) in [6, 6.07) is 14.4. The molecule has 2 rings (SSSR count). The fraction of sp³-hybridized carbons (Fsp3) is 0.333. The maximum atomic E-state index is 5.75. The highest BCUT2D eigenvalue weighted by Gasteiger charge is 2.05. The van der Waals surface area contributed by atoms with Gasteiger partial charge in [-0.05, 0) is 37.1 Å². The van der Waals surface area contributed by atoms with Crippen LogP contribution in [-0.4, -0.2) is 20.3 Å². The van der Waals surface area contributed by atoms with Gasteiger partial charge in [0.2, 0.25) is 0 Å². The molecule has 112 valence electrons. The Kier molecular flexibility index (Phi) is 5.64. The number of nitrogens with one attached hydrogen (secondary N) is 1. The third kappa shape index (κ3) is 4.23. The lowest BCUT2D eigenvalue weighted by atomic mass is 10.1. The van der Waals surface area contributed by atoms with E-state index in [-0.39, 0.29) is 0 Å². The van der Waals surface area contributed by atoms with E-state index in [2.05, 4.69) is 43.4 Å². The fourth-order valence-electron chi connectivity index (χ4n) is 2.16. The van der Waals surface area contributed by atoms with Crippen molar-refractivity contribution in [3.63, 3.8) is 0 Å². The second kappa shape index (κ2) is 7.70. The first-order valence-electron chi connectivity index (χ1n) is 7.22. The van der Waals surface area contributed by atoms with E-state index in [4.69, 9.17) is 9.47 Å². The summed E-state index contributed by atoms with van der Waals surface area (Å²) in [5.41, 5.74) is 4.90. The molecule has 21 heavy (non-hydrogen) atoms. The summed E-state index contributed by atoms with van der Waals surface area (Å²) in [5, 5.41) is 3.49. The van der Waals surface area contributed by atoms with Crippen LogP contribution in [0.3, 0.4) is 0 Å². The molecule has 0 amide bonds. The van der Waals surface area contributed by atoms with Gasteiger partial charge in [-0.1, -0.05) is 30.3 Å². The molecule has 0 heterocycles. The monoisotopic (exact) mass is 285 g/mol. The lowest BCUT2D eigenvalue weighted by molar-refractivity contribution is 0.146. The predicted molar refractivity (Wildman–Crippen MR) is 87.1 cm³/mol. The summed E-state index contributed by atoms with van der Waals surface area (Å²) in [6.45, 7) is 6.17. The number of hydrogen-bond acceptors (Lipinski definition) is 3. The molecular weight excluding hydrogens is 262 g/mol. The molecule has 0 fully saturated rings. The minimum Gasteiger partial charge on any atom is -0.491 e. The van der Waals surface area contributed by atoms with Gasteiger partial charge in [-0.3, -0.25) is 0 Å². The van der Waals surface area contributed by atoms with Crippen LogP contribution in [0.5, 0.6) is 5.75 Å². The van der Waals surface area contributed by atoms with Crippen LogP contribution in [0.4, 0.5) is 5.69 Å². The number of aryl methyl sites for hydroxylation is 1. The first-order valence-corrected chi connectivity index (χ1v) is 7.22. The van der Waals surface area contributed by atoms with Crippen LogP contribution in [0.1, 0.15) is 16.7 Å². The molecule has 0 aromatic heterocycles. The molecule has 0 radical (unpaired) electrons. The number of para-hydroxylation sites is 1. The summed E-state index contributed by atoms with van der Waals surface area (Å²) in [5.74, 6) is 0.910. The number of anilines is 1. The molecule has 0 aliphatic rings. The van der Waals surface area contributed by atoms with Crippen LogP contribution >= 0.6 is 0 Å². The summed E-state index contributed by atoms with van der Waals surface area (Å²) >= 11 is 0. The molecule has 0 aliphatic heterocycles. The lowest BCUT2D eigenvalue weighted by Crippen LogP contribution is -2.08. The van der Waals surface area contributed by atoms with Gasteiger partial charge < -0.3 is 14.8 Å². The molecule has 2 aromatic rings. The van der Waals surface area contributed by atoms with Gasteiger partial charge in [0.05, 0.1) is 6.61 Å². The third-order valence-electron chi connectivity index (χ3n) is 3.59. The fourth-order valence-corrected chi connectivity index (χ4v) is 2.16. The van der Waals surface area contributed by atoms with E-state index in [1.165, 1.54) is 16.8 Å². The highest BCUT2D eigenvalue weighted by Crippen LogP contribution is 2.22. The predicted octanol–water partition coefficient (Wildman–Crippen LogP) is 3.94. The second-order valence-corrected chi connectivity index (χ2v) is 5.05. The van der Waals surface area contributed by atoms with E-state index in [9.17, 15) is 0 Å². The van der Waals surface area contributed by atoms with Gasteiger partial charge in [-0.2, -0.15) is 0 Å². The minimum absolute atomic E-state index is 0.566. The smallest absolute Gasteiger partial charge is 0.124 e. The first kappa shape index (κ1) is 15.4. The van der Waals surface area contributed by atoms with Crippen molar-refractivity contribution in [1.82, 2.24) is 0 Å². The van der Waals surface area contributed by atoms with Crippen molar-refractivity contribution in [2.75, 3.05) is 25.6 Å². The zero-order valence-electron chi connectivity index (χ0n) is 13.0. The van der Waals surface area contributed by atoms with E-state index in [1.807, 2.05) is 18.2 Å². The molecule has 0 saturated heterocycles. The number of methoxy groups -OCH3 is 1. The van der Waals surface area contributed by atoms with Gasteiger partial charge in [-0.25, -0.2) is 0 Å². The summed E-state index contributed by atoms with van der Waals surface area (Å²) in [7, 11) is 1.68. The Hall–Kier alpha value is -2.00. The number of hydrogen-bond donors (Lipinski definition) is 1. The Morgan fingerprint density at radius 1 is 0.952 bits per heavy atom. The maximum Gasteiger partial charge on any atom is 0.124 e. The van der Waals surface area contributed by atoms with Gasteiger partial charge >= 0.3 is 0 Å². The topological polar surface area (TPSA) is 30.5 Å². The molecule has 0 aliphatic carbocycles. The molecule has 0 bridgehead atoms. The molecular formula is C18H23NO2. The first-order chi connectivity index (χ1) is 10.2. The van der Waals surface area contributed by atoms with E-state index in [0.29, 0.717) is 13.2 Å². The maximum absolute atomic E-state index is 5.75. The quantitative estimate of drug-likeness (QED) is 0.782. The molecule has 1 N–H and O–H groups in total. The molecule has 0 unspecified atom stereocenters. The van der Waals surface area contributed by atoms with Crippen molar-refractivity contribution in [1.29, 1.82) is 0 Å². The third-order valence-corrected chi connectivity index (χ3v) is 3.59. The molecule has 0 atom stereocenters. The minimum atomic E-state index is 0.566. The highest BCUT2D eigenvalue weighted by molar-refractivity contribution is 5.54. The van der Waals surface area contributed by atoms with Crippen LogP contribution in [0, 0.1) is 13.8 Å². The Bertz CT molecular complexity index is 581. The zero-order valence-corrected chi connectivity index (χ0v) is 13.0. The normalized spacial score (nSPS) is 10.4. The van der Waals surface area contributed by atoms with Gasteiger partial charge in [0.15, 0.2) is 0 Å². The number of benzene rings is 2. The second-order valence-electron chi connectivity index (χ2n) is 5.05. The van der Waals surface area contributed by atoms with Crippen molar-refractivity contribution >= 4 is 5.69 Å². The van der Waals surface area contributed by atoms with E-state index < -0.39 is 0 Å². The van der Waals surface area contributed by atoms with Gasteiger partial charge in [0, 0.05) is 24.9 Å². The van der Waals surface area contributed by atoms with E-state index in [0.717, 1.165) is 17.9 Å². The average Bonchev–Trinajstić information content (AvgIpc) is 2.50. The Balaban J connectivity index is 2.04. The van der Waals surface area contributed by atoms with Crippen molar-refractivity contribution in [2.24, 2.45) is 0 Å². The van der Waals surface area contributed by atoms with Crippen molar-refractivity contribution in [2.45, 2.75) is 20.4 Å². The Labute approximate surface area is 126 Å². The standard InChI is InChI=1S/C18H23NO2/c1-14-7-6-9-17(15(14)2)19-13-16-8-4-5-10-18(16)21-12-11-20-3/h4-10,19H,11-13H2,1-3H3. The average molecular weight is 285 g/mol. The number of rotatable bonds is 7. The van der Waals surface area contributed by atoms with E-state index in [1.54, 1.807) is 7.11 Å². The van der Waals surface area contributed by atoms with Crippen molar-refractivity contribution in [3.05, 3.63) is 59.2 Å². The van der Waals surface area contributed by atoms with Crippen molar-refractivity contribution in [3.8, 4) is 5.75 Å². The zero-order chi connectivity index (χ0) is 15.1. The van der Waals surface area contributed by atoms with Crippen LogP contribution in [0.2, 0.25) is 0 Å². The largest absolute Gasteiger partial charge is 0.491 e. The van der Waals surface area contributed by atoms with Gasteiger partial charge in [0.25, 0.3) is 0 Å². The number of ether oxygens (including phenoxy) is 2. The van der Waals surface area contributed by atoms with Crippen LogP contribution in [0.25, 0.3) is 0 Å². The van der Waals surface area contributed by atoms with Crippen molar-refractivity contribution < 1.29 is 9.47 Å². The van der Waals surface area contributed by atoms with Crippen LogP contribution in [0.15, 0.2) is 42.5 Å². The summed E-state index contributed by atoms with van der Waals surface area (Å²) in [4.78, 5) is 0. The van der Waals surface area contributed by atoms with Crippen LogP contribution < -0.4 is 10.1 Å². The SMILES string of the molecule is COCCOc1ccccc1CNc1cccc(C)c1C. The molecule has 2 aromatic carbocycles. The summed E-state index contributed by atoms with van der Waals surface area (Å²) < 4.78 is 10.8. The molecule has 3 heteroatoms. The molecule has 3 nitrogen and oxygen atoms in total. The van der Waals surface area contributed by atoms with Crippen LogP contribution in [-0.2, 0) is 11.3 Å². The van der Waals surface area contributed by atoms with Gasteiger partial charge in [0.1, 0.15) is 12.4 Å². The Morgan fingerprint density at radius 3 is 2.57 bits per heavy atom.